The van der Waals surface area contributed by atoms with E-state index in [9.17, 15) is 35.2 Å². The molecule has 0 radical (unpaired) electrons. The topological polar surface area (TPSA) is 95.5 Å². The summed E-state index contributed by atoms with van der Waals surface area (Å²) in [6, 6.07) is 8.19. The Kier molecular flexibility index (Phi) is 7.39. The Bertz CT molecular complexity index is 1470. The fourth-order valence-corrected chi connectivity index (χ4v) is 5.04. The number of carbonyl (C=O) groups is 1. The second-order valence-electron chi connectivity index (χ2n) is 8.52. The first kappa shape index (κ1) is 27.4. The quantitative estimate of drug-likeness (QED) is 0.364. The zero-order valence-electron chi connectivity index (χ0n) is 20.1. The summed E-state index contributed by atoms with van der Waals surface area (Å²) < 4.78 is 95.6. The third-order valence-corrected chi connectivity index (χ3v) is 7.58. The standard InChI is InChI=1S/C24H22F5N5O3S/c1-14(35)18-12-31-23(32-22(18)24(27,28)29)34-10-9-33(13-20(34)15-3-5-16(25)6-4-15)17-7-8-19(26)21(11-17)38(36,37)30-2/h3-8,11-12,20,30H,9-10,13H2,1-2H3/t20-/m0/s1. The zero-order valence-corrected chi connectivity index (χ0v) is 20.9. The van der Waals surface area contributed by atoms with Gasteiger partial charge in [-0.05, 0) is 49.9 Å². The van der Waals surface area contributed by atoms with Crippen molar-refractivity contribution in [2.75, 3.05) is 36.5 Å². The van der Waals surface area contributed by atoms with Crippen LogP contribution in [0.1, 0.15) is 34.6 Å². The lowest BCUT2D eigenvalue weighted by Crippen LogP contribution is -2.49. The Morgan fingerprint density at radius 2 is 1.76 bits per heavy atom. The van der Waals surface area contributed by atoms with E-state index < -0.39 is 55.8 Å². The van der Waals surface area contributed by atoms with Crippen LogP contribution < -0.4 is 14.5 Å². The minimum Gasteiger partial charge on any atom is -0.367 e. The average molecular weight is 556 g/mol. The first-order valence-electron chi connectivity index (χ1n) is 11.3. The fourth-order valence-electron chi connectivity index (χ4n) is 4.22. The second kappa shape index (κ2) is 10.3. The average Bonchev–Trinajstić information content (AvgIpc) is 2.88. The van der Waals surface area contributed by atoms with Crippen LogP contribution in [0.3, 0.4) is 0 Å². The minimum atomic E-state index is -4.91. The summed E-state index contributed by atoms with van der Waals surface area (Å²) in [5, 5.41) is 0. The van der Waals surface area contributed by atoms with Crippen molar-refractivity contribution in [3.63, 3.8) is 0 Å². The van der Waals surface area contributed by atoms with Crippen LogP contribution in [0.15, 0.2) is 53.6 Å². The summed E-state index contributed by atoms with van der Waals surface area (Å²) in [5.41, 5.74) is -1.15. The monoisotopic (exact) mass is 555 g/mol. The first-order chi connectivity index (χ1) is 17.8. The van der Waals surface area contributed by atoms with Crippen molar-refractivity contribution in [1.82, 2.24) is 14.7 Å². The van der Waals surface area contributed by atoms with Crippen molar-refractivity contribution in [2.45, 2.75) is 24.0 Å². The smallest absolute Gasteiger partial charge is 0.367 e. The number of benzene rings is 2. The van der Waals surface area contributed by atoms with Crippen LogP contribution in [-0.4, -0.2) is 50.9 Å². The van der Waals surface area contributed by atoms with E-state index in [4.69, 9.17) is 0 Å². The molecule has 1 aromatic heterocycles. The third-order valence-electron chi connectivity index (χ3n) is 6.15. The Labute approximate surface area is 215 Å². The summed E-state index contributed by atoms with van der Waals surface area (Å²) in [6.07, 6.45) is -4.08. The van der Waals surface area contributed by atoms with Crippen LogP contribution in [0.25, 0.3) is 0 Å². The Morgan fingerprint density at radius 3 is 2.37 bits per heavy atom. The molecule has 1 saturated heterocycles. The van der Waals surface area contributed by atoms with Gasteiger partial charge in [0.05, 0.1) is 11.6 Å². The van der Waals surface area contributed by atoms with Gasteiger partial charge in [0.25, 0.3) is 0 Å². The van der Waals surface area contributed by atoms with Crippen molar-refractivity contribution < 1.29 is 35.2 Å². The number of alkyl halides is 3. The van der Waals surface area contributed by atoms with Crippen molar-refractivity contribution in [1.29, 1.82) is 0 Å². The van der Waals surface area contributed by atoms with Gasteiger partial charge in [-0.2, -0.15) is 13.2 Å². The fraction of sp³-hybridized carbons (Fsp3) is 0.292. The zero-order chi connectivity index (χ0) is 27.8. The lowest BCUT2D eigenvalue weighted by molar-refractivity contribution is -0.141. The Balaban J connectivity index is 1.76. The normalized spacial score (nSPS) is 16.6. The van der Waals surface area contributed by atoms with Crippen LogP contribution >= 0.6 is 0 Å². The minimum absolute atomic E-state index is 0.0737. The Morgan fingerprint density at radius 1 is 1.08 bits per heavy atom. The van der Waals surface area contributed by atoms with Gasteiger partial charge in [-0.3, -0.25) is 4.79 Å². The molecule has 38 heavy (non-hydrogen) atoms. The van der Waals surface area contributed by atoms with Crippen LogP contribution in [0.2, 0.25) is 0 Å². The highest BCUT2D eigenvalue weighted by Gasteiger charge is 2.39. The number of Topliss-reactive ketones (excluding diaryl/α,β-unsaturated/α-hetero) is 1. The summed E-state index contributed by atoms with van der Waals surface area (Å²) >= 11 is 0. The van der Waals surface area contributed by atoms with E-state index in [1.165, 1.54) is 41.3 Å². The molecule has 1 aliphatic rings. The van der Waals surface area contributed by atoms with E-state index >= 15 is 0 Å². The molecule has 14 heteroatoms. The second-order valence-corrected chi connectivity index (χ2v) is 10.4. The molecular formula is C24H22F5N5O3S. The number of halogens is 5. The number of aromatic nitrogens is 2. The number of anilines is 2. The molecule has 0 unspecified atom stereocenters. The van der Waals surface area contributed by atoms with Gasteiger partial charge in [0, 0.05) is 31.5 Å². The molecule has 2 aromatic carbocycles. The number of rotatable bonds is 6. The predicted molar refractivity (Wildman–Crippen MR) is 128 cm³/mol. The highest BCUT2D eigenvalue weighted by atomic mass is 32.2. The van der Waals surface area contributed by atoms with Crippen molar-refractivity contribution in [2.24, 2.45) is 0 Å². The number of nitrogens with one attached hydrogen (secondary N) is 1. The molecule has 1 fully saturated rings. The number of carbonyl (C=O) groups excluding carboxylic acids is 1. The highest BCUT2D eigenvalue weighted by Crippen LogP contribution is 2.35. The van der Waals surface area contributed by atoms with E-state index in [1.54, 1.807) is 4.90 Å². The van der Waals surface area contributed by atoms with Crippen molar-refractivity contribution in [3.8, 4) is 0 Å². The lowest BCUT2D eigenvalue weighted by Gasteiger charge is -2.43. The lowest BCUT2D eigenvalue weighted by atomic mass is 10.0. The number of sulfonamides is 1. The SMILES string of the molecule is CNS(=O)(=O)c1cc(N2CCN(c3ncc(C(C)=O)c(C(F)(F)F)n3)[C@H](c3ccc(F)cc3)C2)ccc1F. The summed E-state index contributed by atoms with van der Waals surface area (Å²) in [7, 11) is -2.95. The molecule has 0 spiro atoms. The van der Waals surface area contributed by atoms with Gasteiger partial charge in [0.2, 0.25) is 16.0 Å². The molecular weight excluding hydrogens is 533 g/mol. The number of ketones is 1. The van der Waals surface area contributed by atoms with Crippen molar-refractivity contribution in [3.05, 3.63) is 77.1 Å². The Hall–Kier alpha value is -3.65. The molecule has 3 aromatic rings. The summed E-state index contributed by atoms with van der Waals surface area (Å²) in [5.74, 6) is -2.59. The first-order valence-corrected chi connectivity index (χ1v) is 12.8. The van der Waals surface area contributed by atoms with E-state index in [1.807, 2.05) is 0 Å². The highest BCUT2D eigenvalue weighted by molar-refractivity contribution is 7.89. The molecule has 1 N–H and O–H groups in total. The molecule has 0 bridgehead atoms. The van der Waals surface area contributed by atoms with Gasteiger partial charge in [0.1, 0.15) is 16.5 Å². The molecule has 4 rings (SSSR count). The van der Waals surface area contributed by atoms with Crippen LogP contribution in [0.5, 0.6) is 0 Å². The molecule has 0 saturated carbocycles. The van der Waals surface area contributed by atoms with Gasteiger partial charge >= 0.3 is 6.18 Å². The van der Waals surface area contributed by atoms with Gasteiger partial charge in [0.15, 0.2) is 11.5 Å². The van der Waals surface area contributed by atoms with E-state index in [0.29, 0.717) is 11.3 Å². The molecule has 2 heterocycles. The number of hydrogen-bond donors (Lipinski definition) is 1. The van der Waals surface area contributed by atoms with Gasteiger partial charge in [-0.15, -0.1) is 0 Å². The summed E-state index contributed by atoms with van der Waals surface area (Å²) in [4.78, 5) is 22.1. The predicted octanol–water partition coefficient (Wildman–Crippen LogP) is 3.95. The molecule has 202 valence electrons. The van der Waals surface area contributed by atoms with E-state index in [2.05, 4.69) is 14.7 Å². The molecule has 8 nitrogen and oxygen atoms in total. The van der Waals surface area contributed by atoms with Crippen LogP contribution in [0, 0.1) is 11.6 Å². The molecule has 0 aliphatic carbocycles. The number of nitrogens with zero attached hydrogens (tertiary/aromatic N) is 4. The number of hydrogen-bond acceptors (Lipinski definition) is 7. The summed E-state index contributed by atoms with van der Waals surface area (Å²) in [6.45, 7) is 1.33. The van der Waals surface area contributed by atoms with Gasteiger partial charge < -0.3 is 9.80 Å². The van der Waals surface area contributed by atoms with Crippen LogP contribution in [-0.2, 0) is 16.2 Å². The molecule has 1 atom stereocenters. The third kappa shape index (κ3) is 5.45. The molecule has 0 amide bonds. The maximum absolute atomic E-state index is 14.3. The van der Waals surface area contributed by atoms with E-state index in [0.717, 1.165) is 26.2 Å². The van der Waals surface area contributed by atoms with Crippen molar-refractivity contribution >= 4 is 27.4 Å². The maximum Gasteiger partial charge on any atom is 0.434 e. The largest absolute Gasteiger partial charge is 0.434 e. The van der Waals surface area contributed by atoms with Crippen LogP contribution in [0.4, 0.5) is 33.6 Å². The number of piperazine rings is 1. The van der Waals surface area contributed by atoms with E-state index in [-0.39, 0.29) is 25.6 Å². The molecule has 1 aliphatic heterocycles. The van der Waals surface area contributed by atoms with Gasteiger partial charge in [-0.1, -0.05) is 12.1 Å². The maximum atomic E-state index is 14.3. The van der Waals surface area contributed by atoms with Gasteiger partial charge in [-0.25, -0.2) is 31.9 Å².